The number of ether oxygens (including phenoxy) is 1. The van der Waals surface area contributed by atoms with Gasteiger partial charge in [0.2, 0.25) is 0 Å². The van der Waals surface area contributed by atoms with E-state index in [2.05, 4.69) is 11.8 Å². The number of piperidine rings is 1. The number of carbonyl (C=O) groups excluding carboxylic acids is 1. The summed E-state index contributed by atoms with van der Waals surface area (Å²) >= 11 is 0. The molecule has 3 rings (SSSR count). The van der Waals surface area contributed by atoms with Gasteiger partial charge in [0.1, 0.15) is 5.75 Å². The van der Waals surface area contributed by atoms with E-state index in [1.165, 1.54) is 12.8 Å². The number of anilines is 1. The molecule has 2 aliphatic heterocycles. The van der Waals surface area contributed by atoms with Gasteiger partial charge >= 0.3 is 0 Å². The molecule has 1 N–H and O–H groups in total. The molecule has 0 bridgehead atoms. The van der Waals surface area contributed by atoms with E-state index in [0.717, 1.165) is 24.3 Å². The third kappa shape index (κ3) is 3.10. The summed E-state index contributed by atoms with van der Waals surface area (Å²) in [4.78, 5) is 15.6. The van der Waals surface area contributed by atoms with Gasteiger partial charge < -0.3 is 19.6 Å². The Hall–Kier alpha value is -1.59. The minimum atomic E-state index is -0.541. The number of carbonyl (C=O) groups is 1. The topological polar surface area (TPSA) is 53.0 Å². The maximum absolute atomic E-state index is 11.7. The molecule has 0 spiro atoms. The highest BCUT2D eigenvalue weighted by Crippen LogP contribution is 2.34. The zero-order chi connectivity index (χ0) is 15.7. The van der Waals surface area contributed by atoms with Crippen molar-refractivity contribution in [3.05, 3.63) is 23.8 Å². The average molecular weight is 304 g/mol. The highest BCUT2D eigenvalue weighted by molar-refractivity contribution is 5.97. The Morgan fingerprint density at radius 2 is 2.27 bits per heavy atom. The van der Waals surface area contributed by atoms with Crippen LogP contribution in [-0.2, 0) is 4.79 Å². The van der Waals surface area contributed by atoms with Gasteiger partial charge in [-0.05, 0) is 43.0 Å². The zero-order valence-electron chi connectivity index (χ0n) is 13.3. The van der Waals surface area contributed by atoms with E-state index >= 15 is 0 Å². The minimum absolute atomic E-state index is 0.0657. The minimum Gasteiger partial charge on any atom is -0.482 e. The standard InChI is InChI=1S/C17H24N2O3/c1-12-4-3-7-19(9-12)10-15(20)13-5-6-16-14(8-13)18(2)17(21)11-22-16/h5-6,8,12,15,20H,3-4,7,9-11H2,1-2H3. The molecule has 2 atom stereocenters. The van der Waals surface area contributed by atoms with Crippen molar-refractivity contribution in [2.75, 3.05) is 38.2 Å². The quantitative estimate of drug-likeness (QED) is 0.925. The number of rotatable bonds is 3. The van der Waals surface area contributed by atoms with Gasteiger partial charge in [-0.2, -0.15) is 0 Å². The van der Waals surface area contributed by atoms with Crippen LogP contribution in [0, 0.1) is 5.92 Å². The van der Waals surface area contributed by atoms with Gasteiger partial charge in [-0.15, -0.1) is 0 Å². The molecule has 1 aromatic rings. The Balaban J connectivity index is 1.73. The van der Waals surface area contributed by atoms with Gasteiger partial charge in [-0.25, -0.2) is 0 Å². The number of likely N-dealkylation sites (tertiary alicyclic amines) is 1. The average Bonchev–Trinajstić information content (AvgIpc) is 2.51. The third-order valence-electron chi connectivity index (χ3n) is 4.63. The monoisotopic (exact) mass is 304 g/mol. The molecule has 1 amide bonds. The molecular formula is C17H24N2O3. The summed E-state index contributed by atoms with van der Waals surface area (Å²) in [6.45, 7) is 5.07. The molecule has 2 heterocycles. The van der Waals surface area contributed by atoms with E-state index in [9.17, 15) is 9.90 Å². The van der Waals surface area contributed by atoms with Crippen LogP contribution in [0.1, 0.15) is 31.4 Å². The first kappa shape index (κ1) is 15.3. The molecular weight excluding hydrogens is 280 g/mol. The Bertz CT molecular complexity index is 561. The van der Waals surface area contributed by atoms with Crippen LogP contribution in [0.2, 0.25) is 0 Å². The van der Waals surface area contributed by atoms with E-state index in [4.69, 9.17) is 4.74 Å². The number of hydrogen-bond donors (Lipinski definition) is 1. The fourth-order valence-electron chi connectivity index (χ4n) is 3.30. The number of likely N-dealkylation sites (N-methyl/N-ethyl adjacent to an activating group) is 1. The summed E-state index contributed by atoms with van der Waals surface area (Å²) in [6, 6.07) is 5.60. The molecule has 0 radical (unpaired) electrons. The van der Waals surface area contributed by atoms with Crippen molar-refractivity contribution in [2.24, 2.45) is 5.92 Å². The summed E-state index contributed by atoms with van der Waals surface area (Å²) < 4.78 is 5.42. The Kier molecular flexibility index (Phi) is 4.36. The fourth-order valence-corrected chi connectivity index (χ4v) is 3.30. The number of hydrogen-bond acceptors (Lipinski definition) is 4. The van der Waals surface area contributed by atoms with Crippen LogP contribution in [0.5, 0.6) is 5.75 Å². The number of aliphatic hydroxyl groups excluding tert-OH is 1. The molecule has 22 heavy (non-hydrogen) atoms. The Morgan fingerprint density at radius 1 is 1.45 bits per heavy atom. The van der Waals surface area contributed by atoms with Gasteiger partial charge in [0, 0.05) is 20.1 Å². The van der Waals surface area contributed by atoms with Crippen molar-refractivity contribution in [1.82, 2.24) is 4.90 Å². The van der Waals surface area contributed by atoms with E-state index < -0.39 is 6.10 Å². The van der Waals surface area contributed by atoms with Crippen molar-refractivity contribution in [1.29, 1.82) is 0 Å². The SMILES string of the molecule is CC1CCCN(CC(O)c2ccc3c(c2)N(C)C(=O)CO3)C1. The van der Waals surface area contributed by atoms with Gasteiger partial charge in [0.25, 0.3) is 5.91 Å². The number of aliphatic hydroxyl groups is 1. The van der Waals surface area contributed by atoms with Crippen LogP contribution in [0.15, 0.2) is 18.2 Å². The molecule has 0 aromatic heterocycles. The molecule has 1 aromatic carbocycles. The van der Waals surface area contributed by atoms with Gasteiger partial charge in [-0.3, -0.25) is 4.79 Å². The highest BCUT2D eigenvalue weighted by atomic mass is 16.5. The first-order valence-electron chi connectivity index (χ1n) is 7.98. The van der Waals surface area contributed by atoms with Crippen molar-refractivity contribution in [3.8, 4) is 5.75 Å². The lowest BCUT2D eigenvalue weighted by atomic mass is 9.99. The lowest BCUT2D eigenvalue weighted by Crippen LogP contribution is -2.37. The molecule has 0 aliphatic carbocycles. The molecule has 5 heteroatoms. The second kappa shape index (κ2) is 6.26. The van der Waals surface area contributed by atoms with E-state index in [1.807, 2.05) is 18.2 Å². The second-order valence-corrected chi connectivity index (χ2v) is 6.49. The summed E-state index contributed by atoms with van der Waals surface area (Å²) in [7, 11) is 1.74. The summed E-state index contributed by atoms with van der Waals surface area (Å²) in [5, 5.41) is 10.5. The number of nitrogens with zero attached hydrogens (tertiary/aromatic N) is 2. The molecule has 5 nitrogen and oxygen atoms in total. The summed E-state index contributed by atoms with van der Waals surface area (Å²) in [5.41, 5.74) is 1.57. The highest BCUT2D eigenvalue weighted by Gasteiger charge is 2.24. The Morgan fingerprint density at radius 3 is 3.05 bits per heavy atom. The molecule has 1 fully saturated rings. The smallest absolute Gasteiger partial charge is 0.264 e. The lowest BCUT2D eigenvalue weighted by molar-refractivity contribution is -0.120. The van der Waals surface area contributed by atoms with Crippen molar-refractivity contribution < 1.29 is 14.6 Å². The maximum atomic E-state index is 11.7. The van der Waals surface area contributed by atoms with E-state index in [-0.39, 0.29) is 12.5 Å². The van der Waals surface area contributed by atoms with E-state index in [0.29, 0.717) is 18.2 Å². The van der Waals surface area contributed by atoms with Crippen LogP contribution in [0.25, 0.3) is 0 Å². The normalized spacial score (nSPS) is 23.9. The Labute approximate surface area is 131 Å². The molecule has 1 saturated heterocycles. The molecule has 2 unspecified atom stereocenters. The van der Waals surface area contributed by atoms with Crippen LogP contribution in [0.3, 0.4) is 0 Å². The van der Waals surface area contributed by atoms with Crippen LogP contribution >= 0.6 is 0 Å². The number of β-amino-alcohol motifs (C(OH)–C–C–N with tert-alkyl or cyclic N) is 1. The third-order valence-corrected chi connectivity index (χ3v) is 4.63. The summed E-state index contributed by atoms with van der Waals surface area (Å²) in [6.07, 6.45) is 1.93. The van der Waals surface area contributed by atoms with Gasteiger partial charge in [0.05, 0.1) is 11.8 Å². The fraction of sp³-hybridized carbons (Fsp3) is 0.588. The van der Waals surface area contributed by atoms with Crippen LogP contribution in [0.4, 0.5) is 5.69 Å². The molecule has 2 aliphatic rings. The van der Waals surface area contributed by atoms with Crippen molar-refractivity contribution in [3.63, 3.8) is 0 Å². The molecule has 0 saturated carbocycles. The van der Waals surface area contributed by atoms with Crippen molar-refractivity contribution in [2.45, 2.75) is 25.9 Å². The van der Waals surface area contributed by atoms with Gasteiger partial charge in [-0.1, -0.05) is 13.0 Å². The second-order valence-electron chi connectivity index (χ2n) is 6.49. The largest absolute Gasteiger partial charge is 0.482 e. The number of amides is 1. The lowest BCUT2D eigenvalue weighted by Gasteiger charge is -2.32. The first-order valence-corrected chi connectivity index (χ1v) is 7.98. The zero-order valence-corrected chi connectivity index (χ0v) is 13.3. The number of fused-ring (bicyclic) bond motifs is 1. The molecule has 120 valence electrons. The van der Waals surface area contributed by atoms with Crippen LogP contribution < -0.4 is 9.64 Å². The van der Waals surface area contributed by atoms with E-state index in [1.54, 1.807) is 11.9 Å². The van der Waals surface area contributed by atoms with Crippen molar-refractivity contribution >= 4 is 11.6 Å². The van der Waals surface area contributed by atoms with Gasteiger partial charge in [0.15, 0.2) is 6.61 Å². The maximum Gasteiger partial charge on any atom is 0.264 e. The van der Waals surface area contributed by atoms with Crippen LogP contribution in [-0.4, -0.2) is 49.2 Å². The summed E-state index contributed by atoms with van der Waals surface area (Å²) in [5.74, 6) is 1.33. The first-order chi connectivity index (χ1) is 10.5. The number of benzene rings is 1. The predicted octanol–water partition coefficient (Wildman–Crippen LogP) is 1.81. The predicted molar refractivity (Wildman–Crippen MR) is 85.1 cm³/mol.